The van der Waals surface area contributed by atoms with Crippen LogP contribution in [0.15, 0.2) is 54.1 Å². The van der Waals surface area contributed by atoms with E-state index in [1.165, 1.54) is 21.3 Å². The van der Waals surface area contributed by atoms with Gasteiger partial charge in [0.05, 0.1) is 33.9 Å². The molecule has 0 spiro atoms. The summed E-state index contributed by atoms with van der Waals surface area (Å²) in [5, 5.41) is 0.891. The van der Waals surface area contributed by atoms with Gasteiger partial charge in [0.2, 0.25) is 11.6 Å². The Morgan fingerprint density at radius 3 is 2.44 bits per heavy atom. The van der Waals surface area contributed by atoms with Crippen molar-refractivity contribution in [2.24, 2.45) is 5.73 Å². The third kappa shape index (κ3) is 3.43. The summed E-state index contributed by atoms with van der Waals surface area (Å²) in [5.41, 5.74) is 8.55. The summed E-state index contributed by atoms with van der Waals surface area (Å²) < 4.78 is 27.7. The van der Waals surface area contributed by atoms with Gasteiger partial charge in [-0.2, -0.15) is 0 Å². The van der Waals surface area contributed by atoms with Crippen molar-refractivity contribution < 1.29 is 28.5 Å². The molecule has 32 heavy (non-hydrogen) atoms. The molecule has 4 rings (SSSR count). The predicted molar refractivity (Wildman–Crippen MR) is 118 cm³/mol. The maximum absolute atomic E-state index is 13.0. The molecular formula is C24H24N2O6. The summed E-state index contributed by atoms with van der Waals surface area (Å²) in [6.07, 6.45) is 1.68. The van der Waals surface area contributed by atoms with Gasteiger partial charge in [-0.25, -0.2) is 4.79 Å². The molecule has 1 unspecified atom stereocenters. The number of carbonyl (C=O) groups is 1. The van der Waals surface area contributed by atoms with Crippen molar-refractivity contribution >= 4 is 16.9 Å². The average Bonchev–Trinajstić information content (AvgIpc) is 2.82. The molecule has 0 fully saturated rings. The highest BCUT2D eigenvalue weighted by atomic mass is 16.5. The standard InChI is InChI=1S/C24H24N2O6/c1-5-31-24(27)19-18(14-11-16(28-2)22(30-4)17(12-14)29-3)15-9-8-13-7-6-10-26-20(13)21(15)32-23(19)25/h6-12,18H,5,25H2,1-4H3. The summed E-state index contributed by atoms with van der Waals surface area (Å²) in [7, 11) is 4.60. The molecule has 2 aromatic carbocycles. The summed E-state index contributed by atoms with van der Waals surface area (Å²) in [4.78, 5) is 17.4. The van der Waals surface area contributed by atoms with Crippen molar-refractivity contribution in [1.29, 1.82) is 0 Å². The Balaban J connectivity index is 2.01. The molecule has 0 amide bonds. The fourth-order valence-electron chi connectivity index (χ4n) is 3.97. The van der Waals surface area contributed by atoms with E-state index in [-0.39, 0.29) is 18.1 Å². The van der Waals surface area contributed by atoms with E-state index in [1.54, 1.807) is 25.3 Å². The fraction of sp³-hybridized carbons (Fsp3) is 0.250. The monoisotopic (exact) mass is 436 g/mol. The topological polar surface area (TPSA) is 102 Å². The third-order valence-electron chi connectivity index (χ3n) is 5.35. The summed E-state index contributed by atoms with van der Waals surface area (Å²) in [6.45, 7) is 1.93. The maximum Gasteiger partial charge on any atom is 0.340 e. The summed E-state index contributed by atoms with van der Waals surface area (Å²) in [5.74, 6) is 0.653. The van der Waals surface area contributed by atoms with Crippen molar-refractivity contribution in [2.45, 2.75) is 12.8 Å². The lowest BCUT2D eigenvalue weighted by Crippen LogP contribution is -2.27. The number of hydrogen-bond donors (Lipinski definition) is 1. The van der Waals surface area contributed by atoms with Crippen molar-refractivity contribution in [3.63, 3.8) is 0 Å². The number of pyridine rings is 1. The quantitative estimate of drug-likeness (QED) is 0.586. The van der Waals surface area contributed by atoms with E-state index in [4.69, 9.17) is 29.4 Å². The van der Waals surface area contributed by atoms with E-state index < -0.39 is 11.9 Å². The van der Waals surface area contributed by atoms with Crippen LogP contribution in [0.5, 0.6) is 23.0 Å². The number of nitrogens with two attached hydrogens (primary N) is 1. The number of carbonyl (C=O) groups excluding carboxylic acids is 1. The van der Waals surface area contributed by atoms with Gasteiger partial charge in [0.15, 0.2) is 17.2 Å². The molecule has 0 saturated heterocycles. The number of nitrogens with zero attached hydrogens (tertiary/aromatic N) is 1. The first kappa shape index (κ1) is 21.3. The molecule has 8 nitrogen and oxygen atoms in total. The van der Waals surface area contributed by atoms with Gasteiger partial charge in [-0.3, -0.25) is 4.98 Å². The zero-order chi connectivity index (χ0) is 22.8. The first-order valence-electron chi connectivity index (χ1n) is 10.1. The molecule has 0 bridgehead atoms. The molecule has 1 aromatic heterocycles. The zero-order valence-corrected chi connectivity index (χ0v) is 18.3. The number of ether oxygens (including phenoxy) is 5. The van der Waals surface area contributed by atoms with Crippen LogP contribution in [-0.2, 0) is 9.53 Å². The molecule has 0 saturated carbocycles. The number of fused-ring (bicyclic) bond motifs is 3. The summed E-state index contributed by atoms with van der Waals surface area (Å²) in [6, 6.07) is 11.2. The van der Waals surface area contributed by atoms with Crippen LogP contribution in [-0.4, -0.2) is 38.9 Å². The minimum atomic E-state index is -0.599. The fourth-order valence-corrected chi connectivity index (χ4v) is 3.97. The Bertz CT molecular complexity index is 1200. The van der Waals surface area contributed by atoms with Gasteiger partial charge in [-0.15, -0.1) is 0 Å². The van der Waals surface area contributed by atoms with Crippen molar-refractivity contribution in [1.82, 2.24) is 4.98 Å². The van der Waals surface area contributed by atoms with Gasteiger partial charge in [-0.05, 0) is 30.7 Å². The molecular weight excluding hydrogens is 412 g/mol. The number of esters is 1. The molecule has 2 heterocycles. The van der Waals surface area contributed by atoms with E-state index in [0.717, 1.165) is 10.9 Å². The minimum absolute atomic E-state index is 0.0344. The number of benzene rings is 2. The zero-order valence-electron chi connectivity index (χ0n) is 18.3. The number of aromatic nitrogens is 1. The molecule has 0 radical (unpaired) electrons. The molecule has 1 aliphatic rings. The second-order valence-electron chi connectivity index (χ2n) is 7.05. The average molecular weight is 436 g/mol. The van der Waals surface area contributed by atoms with Gasteiger partial charge >= 0.3 is 5.97 Å². The first-order chi connectivity index (χ1) is 15.5. The van der Waals surface area contributed by atoms with Crippen molar-refractivity contribution in [2.75, 3.05) is 27.9 Å². The normalized spacial score (nSPS) is 15.1. The van der Waals surface area contributed by atoms with E-state index >= 15 is 0 Å². The predicted octanol–water partition coefficient (Wildman–Crippen LogP) is 3.52. The van der Waals surface area contributed by atoms with Gasteiger partial charge in [0, 0.05) is 17.1 Å². The van der Waals surface area contributed by atoms with Crippen molar-refractivity contribution in [3.05, 3.63) is 65.2 Å². The molecule has 166 valence electrons. The molecule has 1 aliphatic heterocycles. The van der Waals surface area contributed by atoms with Crippen LogP contribution in [0.1, 0.15) is 24.0 Å². The van der Waals surface area contributed by atoms with Crippen LogP contribution in [0, 0.1) is 0 Å². The molecule has 1 atom stereocenters. The van der Waals surface area contributed by atoms with Crippen LogP contribution >= 0.6 is 0 Å². The lowest BCUT2D eigenvalue weighted by Gasteiger charge is -2.29. The van der Waals surface area contributed by atoms with Crippen LogP contribution in [0.4, 0.5) is 0 Å². The molecule has 8 heteroatoms. The largest absolute Gasteiger partial charge is 0.493 e. The SMILES string of the molecule is CCOC(=O)C1=C(N)Oc2c(ccc3cccnc23)C1c1cc(OC)c(OC)c(OC)c1. The van der Waals surface area contributed by atoms with Gasteiger partial charge in [0.1, 0.15) is 11.1 Å². The summed E-state index contributed by atoms with van der Waals surface area (Å²) >= 11 is 0. The highest BCUT2D eigenvalue weighted by molar-refractivity contribution is 5.95. The number of methoxy groups -OCH3 is 3. The van der Waals surface area contributed by atoms with E-state index in [1.807, 2.05) is 24.3 Å². The van der Waals surface area contributed by atoms with Crippen LogP contribution < -0.4 is 24.7 Å². The van der Waals surface area contributed by atoms with Crippen molar-refractivity contribution in [3.8, 4) is 23.0 Å². The first-order valence-corrected chi connectivity index (χ1v) is 10.1. The lowest BCUT2D eigenvalue weighted by atomic mass is 9.82. The maximum atomic E-state index is 13.0. The Labute approximate surface area is 185 Å². The van der Waals surface area contributed by atoms with E-state index in [0.29, 0.717) is 34.1 Å². The van der Waals surface area contributed by atoms with Crippen LogP contribution in [0.25, 0.3) is 10.9 Å². The van der Waals surface area contributed by atoms with Gasteiger partial charge in [-0.1, -0.05) is 18.2 Å². The minimum Gasteiger partial charge on any atom is -0.493 e. The Hall–Kier alpha value is -3.94. The second kappa shape index (κ2) is 8.66. The van der Waals surface area contributed by atoms with Crippen LogP contribution in [0.3, 0.4) is 0 Å². The number of rotatable bonds is 6. The molecule has 3 aromatic rings. The highest BCUT2D eigenvalue weighted by Crippen LogP contribution is 2.48. The van der Waals surface area contributed by atoms with E-state index in [9.17, 15) is 4.79 Å². The van der Waals surface area contributed by atoms with Crippen LogP contribution in [0.2, 0.25) is 0 Å². The molecule has 0 aliphatic carbocycles. The molecule has 2 N–H and O–H groups in total. The lowest BCUT2D eigenvalue weighted by molar-refractivity contribution is -0.139. The smallest absolute Gasteiger partial charge is 0.340 e. The highest BCUT2D eigenvalue weighted by Gasteiger charge is 2.37. The Kier molecular flexibility index (Phi) is 5.77. The third-order valence-corrected chi connectivity index (χ3v) is 5.35. The van der Waals surface area contributed by atoms with Gasteiger partial charge in [0.25, 0.3) is 0 Å². The Morgan fingerprint density at radius 1 is 1.09 bits per heavy atom. The van der Waals surface area contributed by atoms with E-state index in [2.05, 4.69) is 4.98 Å². The Morgan fingerprint density at radius 2 is 1.81 bits per heavy atom. The van der Waals surface area contributed by atoms with Gasteiger partial charge < -0.3 is 29.4 Å². The second-order valence-corrected chi connectivity index (χ2v) is 7.05. The number of hydrogen-bond acceptors (Lipinski definition) is 8.